The van der Waals surface area contributed by atoms with E-state index in [1.807, 2.05) is 0 Å². The van der Waals surface area contributed by atoms with E-state index in [-0.39, 0.29) is 22.3 Å². The summed E-state index contributed by atoms with van der Waals surface area (Å²) in [6.45, 7) is 0. The van der Waals surface area contributed by atoms with Crippen LogP contribution in [-0.4, -0.2) is 42.4 Å². The van der Waals surface area contributed by atoms with Gasteiger partial charge < -0.3 is 15.0 Å². The van der Waals surface area contributed by atoms with Crippen molar-refractivity contribution in [3.05, 3.63) is 76.3 Å². The SMILES string of the molecule is COC(=O)c1ccccc1C(=O)C(=[N+]=[N-])c1ccccc1C(=O)OC. The predicted octanol–water partition coefficient (Wildman–Crippen LogP) is 2.16. The van der Waals surface area contributed by atoms with Crippen LogP contribution in [0.1, 0.15) is 36.6 Å². The molecule has 0 atom stereocenters. The van der Waals surface area contributed by atoms with Crippen LogP contribution < -0.4 is 0 Å². The maximum absolute atomic E-state index is 12.8. The highest BCUT2D eigenvalue weighted by Gasteiger charge is 2.31. The Morgan fingerprint density at radius 2 is 1.16 bits per heavy atom. The fraction of sp³-hybridized carbons (Fsp3) is 0.111. The third-order valence-electron chi connectivity index (χ3n) is 3.48. The molecule has 0 saturated carbocycles. The number of benzene rings is 2. The van der Waals surface area contributed by atoms with Gasteiger partial charge >= 0.3 is 17.7 Å². The lowest BCUT2D eigenvalue weighted by Crippen LogP contribution is -2.23. The Morgan fingerprint density at radius 1 is 0.760 bits per heavy atom. The van der Waals surface area contributed by atoms with Gasteiger partial charge in [-0.15, -0.1) is 0 Å². The van der Waals surface area contributed by atoms with E-state index in [2.05, 4.69) is 14.3 Å². The maximum Gasteiger partial charge on any atom is 0.370 e. The molecule has 0 saturated heterocycles. The van der Waals surface area contributed by atoms with E-state index in [0.29, 0.717) is 0 Å². The lowest BCUT2D eigenvalue weighted by atomic mass is 9.94. The molecule has 0 fully saturated rings. The molecule has 0 heterocycles. The monoisotopic (exact) mass is 338 g/mol. The van der Waals surface area contributed by atoms with Crippen LogP contribution in [0.25, 0.3) is 5.53 Å². The number of esters is 2. The molecule has 0 radical (unpaired) electrons. The molecule has 0 aliphatic carbocycles. The van der Waals surface area contributed by atoms with Crippen LogP contribution in [0.15, 0.2) is 48.5 Å². The molecule has 0 aliphatic heterocycles. The summed E-state index contributed by atoms with van der Waals surface area (Å²) in [6.07, 6.45) is 0. The van der Waals surface area contributed by atoms with E-state index < -0.39 is 23.4 Å². The Kier molecular flexibility index (Phi) is 5.55. The van der Waals surface area contributed by atoms with Gasteiger partial charge in [-0.3, -0.25) is 4.79 Å². The summed E-state index contributed by atoms with van der Waals surface area (Å²) < 4.78 is 9.33. The van der Waals surface area contributed by atoms with Gasteiger partial charge in [-0.25, -0.2) is 9.59 Å². The molecular formula is C18H14N2O5. The molecule has 0 unspecified atom stereocenters. The quantitative estimate of drug-likeness (QED) is 0.273. The molecule has 0 aliphatic rings. The Hall–Kier alpha value is -3.57. The molecule has 7 heteroatoms. The molecule has 7 nitrogen and oxygen atoms in total. The topological polar surface area (TPSA) is 106 Å². The molecular weight excluding hydrogens is 324 g/mol. The summed E-state index contributed by atoms with van der Waals surface area (Å²) in [7, 11) is 2.39. The van der Waals surface area contributed by atoms with Crippen LogP contribution in [0.5, 0.6) is 0 Å². The first-order chi connectivity index (χ1) is 12.0. The van der Waals surface area contributed by atoms with Crippen LogP contribution >= 0.6 is 0 Å². The molecule has 0 bridgehead atoms. The van der Waals surface area contributed by atoms with Crippen molar-refractivity contribution in [1.29, 1.82) is 0 Å². The first kappa shape index (κ1) is 17.8. The number of ketones is 1. The van der Waals surface area contributed by atoms with Crippen molar-refractivity contribution >= 4 is 23.4 Å². The van der Waals surface area contributed by atoms with E-state index in [1.54, 1.807) is 24.3 Å². The molecule has 25 heavy (non-hydrogen) atoms. The zero-order valence-electron chi connectivity index (χ0n) is 13.6. The molecule has 0 N–H and O–H groups in total. The number of rotatable bonds is 5. The summed E-state index contributed by atoms with van der Waals surface area (Å²) in [6, 6.07) is 12.0. The number of hydrogen-bond donors (Lipinski definition) is 0. The highest BCUT2D eigenvalue weighted by molar-refractivity contribution is 6.51. The molecule has 0 aromatic heterocycles. The Balaban J connectivity index is 2.59. The van der Waals surface area contributed by atoms with Gasteiger partial charge in [0.25, 0.3) is 5.78 Å². The normalized spacial score (nSPS) is 9.68. The van der Waals surface area contributed by atoms with Gasteiger partial charge in [0.1, 0.15) is 0 Å². The first-order valence-corrected chi connectivity index (χ1v) is 7.17. The summed E-state index contributed by atoms with van der Waals surface area (Å²) in [5.41, 5.74) is 9.13. The summed E-state index contributed by atoms with van der Waals surface area (Å²) >= 11 is 0. The van der Waals surface area contributed by atoms with Gasteiger partial charge in [0.2, 0.25) is 0 Å². The van der Waals surface area contributed by atoms with Gasteiger partial charge in [0.05, 0.1) is 30.9 Å². The van der Waals surface area contributed by atoms with Crippen LogP contribution in [0.4, 0.5) is 0 Å². The Morgan fingerprint density at radius 3 is 1.60 bits per heavy atom. The van der Waals surface area contributed by atoms with Crippen molar-refractivity contribution in [1.82, 2.24) is 0 Å². The zero-order chi connectivity index (χ0) is 18.4. The summed E-state index contributed by atoms with van der Waals surface area (Å²) in [5.74, 6) is -2.13. The molecule has 2 aromatic rings. The summed E-state index contributed by atoms with van der Waals surface area (Å²) in [5, 5.41) is 0. The van der Waals surface area contributed by atoms with Crippen LogP contribution in [0.3, 0.4) is 0 Å². The van der Waals surface area contributed by atoms with E-state index in [1.165, 1.54) is 38.5 Å². The van der Waals surface area contributed by atoms with E-state index in [4.69, 9.17) is 0 Å². The van der Waals surface area contributed by atoms with Crippen molar-refractivity contribution in [2.24, 2.45) is 0 Å². The van der Waals surface area contributed by atoms with Gasteiger partial charge in [0.15, 0.2) is 0 Å². The minimum absolute atomic E-state index is 0.0122. The number of Topliss-reactive ketones (excluding diaryl/α,β-unsaturated/α-hetero) is 1. The van der Waals surface area contributed by atoms with Crippen LogP contribution in [-0.2, 0) is 9.47 Å². The highest BCUT2D eigenvalue weighted by Crippen LogP contribution is 2.17. The molecule has 0 spiro atoms. The predicted molar refractivity (Wildman–Crippen MR) is 87.6 cm³/mol. The molecule has 0 amide bonds. The lowest BCUT2D eigenvalue weighted by Gasteiger charge is -2.06. The second-order valence-electron chi connectivity index (χ2n) is 4.85. The largest absolute Gasteiger partial charge is 0.465 e. The maximum atomic E-state index is 12.8. The second-order valence-corrected chi connectivity index (χ2v) is 4.85. The Bertz CT molecular complexity index is 898. The number of carbonyl (C=O) groups is 3. The standard InChI is InChI=1S/C18H14N2O5/c1-24-17(22)13-9-5-3-7-11(13)15(20-19)16(21)12-8-4-6-10-14(12)18(23)25-2/h3-10H,1-2H3. The van der Waals surface area contributed by atoms with E-state index >= 15 is 0 Å². The second kappa shape index (κ2) is 7.81. The van der Waals surface area contributed by atoms with Gasteiger partial charge in [-0.05, 0) is 24.3 Å². The number of ether oxygens (including phenoxy) is 2. The number of nitrogens with zero attached hydrogens (tertiary/aromatic N) is 2. The average Bonchev–Trinajstić information content (AvgIpc) is 2.67. The highest BCUT2D eigenvalue weighted by atomic mass is 16.5. The minimum Gasteiger partial charge on any atom is -0.465 e. The fourth-order valence-corrected chi connectivity index (χ4v) is 2.30. The molecule has 2 rings (SSSR count). The summed E-state index contributed by atoms with van der Waals surface area (Å²) in [4.78, 5) is 39.6. The van der Waals surface area contributed by atoms with Crippen molar-refractivity contribution in [3.63, 3.8) is 0 Å². The van der Waals surface area contributed by atoms with E-state index in [9.17, 15) is 19.9 Å². The molecule has 126 valence electrons. The fourth-order valence-electron chi connectivity index (χ4n) is 2.30. The zero-order valence-corrected chi connectivity index (χ0v) is 13.6. The Labute approximate surface area is 143 Å². The van der Waals surface area contributed by atoms with E-state index in [0.717, 1.165) is 0 Å². The number of methoxy groups -OCH3 is 2. The van der Waals surface area contributed by atoms with Gasteiger partial charge in [0, 0.05) is 5.56 Å². The third-order valence-corrected chi connectivity index (χ3v) is 3.48. The number of hydrogen-bond acceptors (Lipinski definition) is 5. The van der Waals surface area contributed by atoms with Crippen molar-refractivity contribution < 1.29 is 28.6 Å². The molecule has 2 aromatic carbocycles. The van der Waals surface area contributed by atoms with Crippen LogP contribution in [0.2, 0.25) is 0 Å². The van der Waals surface area contributed by atoms with Crippen LogP contribution in [0, 0.1) is 0 Å². The van der Waals surface area contributed by atoms with Gasteiger partial charge in [-0.1, -0.05) is 24.3 Å². The first-order valence-electron chi connectivity index (χ1n) is 7.17. The van der Waals surface area contributed by atoms with Crippen molar-refractivity contribution in [2.45, 2.75) is 0 Å². The minimum atomic E-state index is -0.736. The average molecular weight is 338 g/mol. The smallest absolute Gasteiger partial charge is 0.370 e. The van der Waals surface area contributed by atoms with Crippen molar-refractivity contribution in [3.8, 4) is 0 Å². The number of carbonyl (C=O) groups excluding carboxylic acids is 3. The lowest BCUT2D eigenvalue weighted by molar-refractivity contribution is -0.00513. The van der Waals surface area contributed by atoms with Crippen molar-refractivity contribution in [2.75, 3.05) is 14.2 Å². The van der Waals surface area contributed by atoms with Gasteiger partial charge in [-0.2, -0.15) is 4.79 Å². The third kappa shape index (κ3) is 3.52.